The second-order valence-corrected chi connectivity index (χ2v) is 10.8. The highest BCUT2D eigenvalue weighted by Crippen LogP contribution is 2.37. The summed E-state index contributed by atoms with van der Waals surface area (Å²) in [5.74, 6) is 0.543. The van der Waals surface area contributed by atoms with Crippen LogP contribution >= 0.6 is 0 Å². The van der Waals surface area contributed by atoms with Crippen molar-refractivity contribution in [3.63, 3.8) is 0 Å². The summed E-state index contributed by atoms with van der Waals surface area (Å²) < 4.78 is 23.9. The molecule has 9 heteroatoms. The molecular formula is C35H37NO8. The molecule has 230 valence electrons. The van der Waals surface area contributed by atoms with Gasteiger partial charge < -0.3 is 33.7 Å². The van der Waals surface area contributed by atoms with Crippen LogP contribution in [0, 0.1) is 6.92 Å². The van der Waals surface area contributed by atoms with Crippen molar-refractivity contribution in [2.45, 2.75) is 45.1 Å². The molecule has 1 aromatic heterocycles. The summed E-state index contributed by atoms with van der Waals surface area (Å²) in [4.78, 5) is 26.5. The Morgan fingerprint density at radius 2 is 1.73 bits per heavy atom. The lowest BCUT2D eigenvalue weighted by molar-refractivity contribution is -0.140. The summed E-state index contributed by atoms with van der Waals surface area (Å²) >= 11 is 0. The lowest BCUT2D eigenvalue weighted by Crippen LogP contribution is -2.29. The topological polar surface area (TPSA) is 116 Å². The van der Waals surface area contributed by atoms with Gasteiger partial charge in [-0.05, 0) is 72.0 Å². The molecule has 0 fully saturated rings. The van der Waals surface area contributed by atoms with Crippen LogP contribution in [0.25, 0.3) is 0 Å². The molecule has 2 heterocycles. The van der Waals surface area contributed by atoms with Gasteiger partial charge in [-0.15, -0.1) is 0 Å². The minimum Gasteiger partial charge on any atom is -0.508 e. The second kappa shape index (κ2) is 13.6. The van der Waals surface area contributed by atoms with E-state index in [1.165, 1.54) is 12.7 Å². The van der Waals surface area contributed by atoms with Crippen LogP contribution in [-0.2, 0) is 35.3 Å². The van der Waals surface area contributed by atoms with Crippen LogP contribution in [0.3, 0.4) is 0 Å². The smallest absolute Gasteiger partial charge is 0.306 e. The van der Waals surface area contributed by atoms with Crippen LogP contribution in [0.5, 0.6) is 28.7 Å². The van der Waals surface area contributed by atoms with Crippen LogP contribution in [0.15, 0.2) is 71.5 Å². The fourth-order valence-electron chi connectivity index (χ4n) is 5.61. The molecule has 4 aromatic rings. The van der Waals surface area contributed by atoms with Crippen molar-refractivity contribution in [2.24, 2.45) is 0 Å². The Morgan fingerprint density at radius 1 is 0.955 bits per heavy atom. The number of hydrogen-bond acceptors (Lipinski definition) is 8. The summed E-state index contributed by atoms with van der Waals surface area (Å²) in [5.41, 5.74) is 4.16. The molecule has 3 aromatic carbocycles. The number of rotatable bonds is 12. The molecule has 0 saturated heterocycles. The number of carbonyl (C=O) groups excluding carboxylic acids is 1. The van der Waals surface area contributed by atoms with E-state index in [-0.39, 0.29) is 23.5 Å². The molecule has 1 aliphatic rings. The number of phenols is 1. The zero-order valence-electron chi connectivity index (χ0n) is 25.2. The van der Waals surface area contributed by atoms with Crippen molar-refractivity contribution in [3.05, 3.63) is 111 Å². The summed E-state index contributed by atoms with van der Waals surface area (Å²) in [7, 11) is 2.84. The number of ether oxygens (including phenoxy) is 4. The fourth-order valence-corrected chi connectivity index (χ4v) is 5.61. The third-order valence-corrected chi connectivity index (χ3v) is 8.02. The lowest BCUT2D eigenvalue weighted by Gasteiger charge is -2.22. The molecule has 0 aliphatic carbocycles. The van der Waals surface area contributed by atoms with Gasteiger partial charge in [0, 0.05) is 31.0 Å². The van der Waals surface area contributed by atoms with Gasteiger partial charge in [-0.25, -0.2) is 0 Å². The van der Waals surface area contributed by atoms with E-state index < -0.39 is 17.4 Å². The Hall–Kier alpha value is -4.92. The summed E-state index contributed by atoms with van der Waals surface area (Å²) in [5, 5.41) is 20.7. The molecule has 1 aliphatic heterocycles. The molecule has 0 saturated carbocycles. The average molecular weight is 600 g/mol. The van der Waals surface area contributed by atoms with E-state index in [4.69, 9.17) is 18.9 Å². The maximum absolute atomic E-state index is 13.9. The maximum Gasteiger partial charge on any atom is 0.306 e. The molecule has 2 N–H and O–H groups in total. The number of aromatic nitrogens is 1. The van der Waals surface area contributed by atoms with Gasteiger partial charge in [0.05, 0.1) is 39.4 Å². The average Bonchev–Trinajstić information content (AvgIpc) is 3.49. The number of phenolic OH excluding ortho intramolecular Hbond substituents is 1. The monoisotopic (exact) mass is 599 g/mol. The number of fused-ring (bicyclic) bond motifs is 1. The Kier molecular flexibility index (Phi) is 9.43. The third-order valence-electron chi connectivity index (χ3n) is 8.02. The molecule has 0 bridgehead atoms. The predicted molar refractivity (Wildman–Crippen MR) is 165 cm³/mol. The Labute approximate surface area is 256 Å². The van der Waals surface area contributed by atoms with Crippen LogP contribution in [0.1, 0.15) is 45.8 Å². The van der Waals surface area contributed by atoms with Gasteiger partial charge >= 0.3 is 5.97 Å². The van der Waals surface area contributed by atoms with Crippen molar-refractivity contribution in [1.82, 2.24) is 4.57 Å². The fraction of sp³-hybridized carbons (Fsp3) is 0.314. The van der Waals surface area contributed by atoms with E-state index in [2.05, 4.69) is 6.07 Å². The molecule has 0 amide bonds. The zero-order valence-corrected chi connectivity index (χ0v) is 25.2. The number of aryl methyl sites for hydroxylation is 2. The number of methoxy groups -OCH3 is 2. The van der Waals surface area contributed by atoms with Crippen molar-refractivity contribution in [1.29, 1.82) is 0 Å². The maximum atomic E-state index is 13.9. The van der Waals surface area contributed by atoms with Gasteiger partial charge in [-0.3, -0.25) is 9.59 Å². The van der Waals surface area contributed by atoms with E-state index in [1.54, 1.807) is 67.1 Å². The molecular weight excluding hydrogens is 562 g/mol. The minimum absolute atomic E-state index is 0.100. The van der Waals surface area contributed by atoms with Gasteiger partial charge in [0.1, 0.15) is 17.2 Å². The Bertz CT molecular complexity index is 1690. The Balaban J connectivity index is 1.44. The number of carbonyl (C=O) groups is 1. The molecule has 9 nitrogen and oxygen atoms in total. The number of aromatic hydroxyl groups is 2. The summed E-state index contributed by atoms with van der Waals surface area (Å²) in [6, 6.07) is 19.7. The van der Waals surface area contributed by atoms with Crippen LogP contribution in [0.2, 0.25) is 0 Å². The normalized spacial score (nSPS) is 12.7. The first kappa shape index (κ1) is 30.5. The second-order valence-electron chi connectivity index (χ2n) is 10.8. The number of benzene rings is 3. The van der Waals surface area contributed by atoms with E-state index in [1.807, 2.05) is 12.1 Å². The van der Waals surface area contributed by atoms with E-state index in [9.17, 15) is 19.8 Å². The number of nitrogens with zero attached hydrogens (tertiary/aromatic N) is 1. The van der Waals surface area contributed by atoms with Crippen LogP contribution in [-0.4, -0.2) is 48.2 Å². The van der Waals surface area contributed by atoms with Gasteiger partial charge in [-0.1, -0.05) is 30.3 Å². The first-order valence-electron chi connectivity index (χ1n) is 14.6. The summed E-state index contributed by atoms with van der Waals surface area (Å²) in [6.07, 6.45) is 1.93. The van der Waals surface area contributed by atoms with Crippen LogP contribution < -0.4 is 19.8 Å². The van der Waals surface area contributed by atoms with Gasteiger partial charge in [-0.2, -0.15) is 0 Å². The molecule has 44 heavy (non-hydrogen) atoms. The quantitative estimate of drug-likeness (QED) is 0.217. The molecule has 0 unspecified atom stereocenters. The van der Waals surface area contributed by atoms with Crippen molar-refractivity contribution in [3.8, 4) is 28.7 Å². The minimum atomic E-state index is -0.805. The van der Waals surface area contributed by atoms with E-state index in [0.717, 1.165) is 23.3 Å². The Morgan fingerprint density at radius 3 is 2.48 bits per heavy atom. The number of hydrogen-bond donors (Lipinski definition) is 2. The SMILES string of the molecule is COC(=O)C[C@@H](c1ccc(OC)c(OCCc2ccc3c(c2)CCO3)c1)c1c(O)cc(C)n(CCc2ccc(O)cc2)c1=O. The third kappa shape index (κ3) is 6.83. The summed E-state index contributed by atoms with van der Waals surface area (Å²) in [6.45, 7) is 3.18. The van der Waals surface area contributed by atoms with Crippen molar-refractivity contribution >= 4 is 5.97 Å². The zero-order chi connectivity index (χ0) is 31.2. The molecule has 1 atom stereocenters. The highest BCUT2D eigenvalue weighted by molar-refractivity contribution is 5.71. The first-order chi connectivity index (χ1) is 21.3. The number of esters is 1. The highest BCUT2D eigenvalue weighted by atomic mass is 16.5. The molecule has 5 rings (SSSR count). The first-order valence-corrected chi connectivity index (χ1v) is 14.6. The van der Waals surface area contributed by atoms with Crippen molar-refractivity contribution < 1.29 is 34.0 Å². The number of pyridine rings is 1. The lowest BCUT2D eigenvalue weighted by atomic mass is 9.88. The predicted octanol–water partition coefficient (Wildman–Crippen LogP) is 5.07. The van der Waals surface area contributed by atoms with Gasteiger partial charge in [0.25, 0.3) is 5.56 Å². The van der Waals surface area contributed by atoms with E-state index in [0.29, 0.717) is 55.4 Å². The van der Waals surface area contributed by atoms with Crippen molar-refractivity contribution in [2.75, 3.05) is 27.4 Å². The molecule has 0 radical (unpaired) electrons. The largest absolute Gasteiger partial charge is 0.508 e. The van der Waals surface area contributed by atoms with E-state index >= 15 is 0 Å². The highest BCUT2D eigenvalue weighted by Gasteiger charge is 2.27. The van der Waals surface area contributed by atoms with Crippen LogP contribution in [0.4, 0.5) is 0 Å². The standard InChI is InChI=1S/C35H37NO8/c1-22-18-29(38)34(35(40)36(22)15-12-23-4-8-27(37)9-5-23)28(21-33(39)42-3)25-7-11-31(41-2)32(20-25)44-16-13-24-6-10-30-26(19-24)14-17-43-30/h4-11,18-20,28,37-38H,12-17,21H2,1-3H3/t28-/m0/s1. The molecule has 0 spiro atoms. The van der Waals surface area contributed by atoms with Gasteiger partial charge in [0.15, 0.2) is 11.5 Å². The van der Waals surface area contributed by atoms with Gasteiger partial charge in [0.2, 0.25) is 0 Å².